The molecule has 2 heterocycles. The smallest absolute Gasteiger partial charge is 0.341 e. The van der Waals surface area contributed by atoms with Crippen LogP contribution < -0.4 is 0 Å². The van der Waals surface area contributed by atoms with Crippen LogP contribution in [0.15, 0.2) is 23.3 Å². The van der Waals surface area contributed by atoms with Crippen LogP contribution in [-0.2, 0) is 42.1 Å². The molecule has 4 aliphatic rings. The molecule has 0 radical (unpaired) electrons. The van der Waals surface area contributed by atoms with Crippen LogP contribution in [0.2, 0.25) is 0 Å². The summed E-state index contributed by atoms with van der Waals surface area (Å²) in [5, 5.41) is 11.2. The summed E-state index contributed by atoms with van der Waals surface area (Å²) < 4.78 is 44.7. The van der Waals surface area contributed by atoms with Crippen molar-refractivity contribution >= 4 is 19.5 Å². The summed E-state index contributed by atoms with van der Waals surface area (Å²) in [5.41, 5.74) is 0.169. The van der Waals surface area contributed by atoms with Gasteiger partial charge in [-0.3, -0.25) is 9.36 Å². The minimum atomic E-state index is -3.49. The van der Waals surface area contributed by atoms with Crippen molar-refractivity contribution in [1.29, 1.82) is 0 Å². The SMILES string of the molecule is COP(=O)(CC(=O)OCC/C(C)=C/C(=O)OC[C@]12CCC(C)=C[C@H]1O[C@@H]1C[C@@H](O)C2(C)C12CO2)OC. The third-order valence-electron chi connectivity index (χ3n) is 8.72. The van der Waals surface area contributed by atoms with Crippen LogP contribution in [0.3, 0.4) is 0 Å². The predicted molar refractivity (Wildman–Crippen MR) is 128 cm³/mol. The van der Waals surface area contributed by atoms with E-state index in [-0.39, 0.29) is 25.4 Å². The van der Waals surface area contributed by atoms with E-state index in [0.717, 1.165) is 12.8 Å². The molecular weight excluding hydrogens is 491 g/mol. The van der Waals surface area contributed by atoms with E-state index < -0.39 is 48.2 Å². The maximum atomic E-state index is 12.7. The third kappa shape index (κ3) is 4.50. The van der Waals surface area contributed by atoms with Gasteiger partial charge < -0.3 is 33.1 Å². The van der Waals surface area contributed by atoms with Gasteiger partial charge in [0.2, 0.25) is 0 Å². The van der Waals surface area contributed by atoms with Gasteiger partial charge in [0.05, 0.1) is 31.5 Å². The molecule has 4 rings (SSSR count). The third-order valence-corrected chi connectivity index (χ3v) is 10.5. The number of hydrogen-bond acceptors (Lipinski definition) is 10. The first-order chi connectivity index (χ1) is 16.9. The molecular formula is C25H37O10P. The average Bonchev–Trinajstić information content (AvgIpc) is 3.61. The first-order valence-corrected chi connectivity index (χ1v) is 14.0. The van der Waals surface area contributed by atoms with Crippen molar-refractivity contribution in [3.8, 4) is 0 Å². The van der Waals surface area contributed by atoms with Crippen molar-refractivity contribution in [2.75, 3.05) is 40.2 Å². The van der Waals surface area contributed by atoms with E-state index in [2.05, 4.69) is 19.9 Å². The monoisotopic (exact) mass is 528 g/mol. The van der Waals surface area contributed by atoms with Crippen LogP contribution in [-0.4, -0.2) is 81.2 Å². The quantitative estimate of drug-likeness (QED) is 0.148. The molecule has 0 aromatic rings. The summed E-state index contributed by atoms with van der Waals surface area (Å²) in [5.74, 6) is -1.22. The summed E-state index contributed by atoms with van der Waals surface area (Å²) in [4.78, 5) is 24.6. The fraction of sp³-hybridized carbons (Fsp3) is 0.760. The van der Waals surface area contributed by atoms with Gasteiger partial charge in [0, 0.05) is 44.0 Å². The van der Waals surface area contributed by atoms with Crippen LogP contribution in [0.25, 0.3) is 0 Å². The van der Waals surface area contributed by atoms with Gasteiger partial charge in [-0.05, 0) is 26.7 Å². The Morgan fingerprint density at radius 2 is 1.97 bits per heavy atom. The molecule has 1 N–H and O–H groups in total. The Morgan fingerprint density at radius 3 is 2.61 bits per heavy atom. The summed E-state index contributed by atoms with van der Waals surface area (Å²) in [6, 6.07) is 0. The van der Waals surface area contributed by atoms with Crippen LogP contribution in [0.4, 0.5) is 0 Å². The molecule has 0 amide bonds. The number of aliphatic hydroxyl groups excluding tert-OH is 1. The molecule has 2 aliphatic heterocycles. The second kappa shape index (κ2) is 9.97. The van der Waals surface area contributed by atoms with Crippen molar-refractivity contribution < 1.29 is 47.3 Å². The average molecular weight is 529 g/mol. The lowest BCUT2D eigenvalue weighted by Crippen LogP contribution is -2.66. The fourth-order valence-electron chi connectivity index (χ4n) is 6.25. The van der Waals surface area contributed by atoms with Crippen LogP contribution in [0.5, 0.6) is 0 Å². The Labute approximate surface area is 211 Å². The van der Waals surface area contributed by atoms with Gasteiger partial charge in [-0.1, -0.05) is 24.1 Å². The number of rotatable bonds is 10. The molecule has 2 unspecified atom stereocenters. The number of allylic oxidation sites excluding steroid dienone is 1. The van der Waals surface area contributed by atoms with Crippen molar-refractivity contribution in [3.63, 3.8) is 0 Å². The van der Waals surface area contributed by atoms with Crippen LogP contribution in [0.1, 0.15) is 46.5 Å². The van der Waals surface area contributed by atoms with Crippen molar-refractivity contribution in [3.05, 3.63) is 23.3 Å². The van der Waals surface area contributed by atoms with Crippen molar-refractivity contribution in [2.24, 2.45) is 10.8 Å². The Morgan fingerprint density at radius 1 is 1.28 bits per heavy atom. The van der Waals surface area contributed by atoms with E-state index in [0.29, 0.717) is 25.0 Å². The molecule has 1 saturated carbocycles. The summed E-state index contributed by atoms with van der Waals surface area (Å²) in [6.45, 7) is 6.52. The number of carbonyl (C=O) groups excluding carboxylic acids is 2. The van der Waals surface area contributed by atoms with Gasteiger partial charge in [0.25, 0.3) is 0 Å². The summed E-state index contributed by atoms with van der Waals surface area (Å²) in [7, 11) is -1.09. The molecule has 0 aromatic carbocycles. The van der Waals surface area contributed by atoms with Crippen molar-refractivity contribution in [2.45, 2.75) is 70.4 Å². The molecule has 202 valence electrons. The maximum absolute atomic E-state index is 12.7. The molecule has 3 fully saturated rings. The first kappa shape index (κ1) is 27.5. The molecule has 2 bridgehead atoms. The zero-order valence-electron chi connectivity index (χ0n) is 21.6. The number of ether oxygens (including phenoxy) is 4. The Bertz CT molecular complexity index is 993. The highest BCUT2D eigenvalue weighted by molar-refractivity contribution is 7.54. The zero-order chi connectivity index (χ0) is 26.4. The van der Waals surface area contributed by atoms with Gasteiger partial charge in [0.1, 0.15) is 18.4 Å². The lowest BCUT2D eigenvalue weighted by atomic mass is 9.51. The number of epoxide rings is 1. The Hall–Kier alpha value is -1.55. The Balaban J connectivity index is 1.37. The maximum Gasteiger partial charge on any atom is 0.341 e. The van der Waals surface area contributed by atoms with Gasteiger partial charge in [-0.2, -0.15) is 0 Å². The summed E-state index contributed by atoms with van der Waals surface area (Å²) in [6.07, 6.45) is 4.33. The van der Waals surface area contributed by atoms with E-state index in [9.17, 15) is 19.3 Å². The number of fused-ring (bicyclic) bond motifs is 2. The Kier molecular flexibility index (Phi) is 7.61. The molecule has 11 heteroatoms. The van der Waals surface area contributed by atoms with E-state index in [1.165, 1.54) is 25.9 Å². The second-order valence-corrected chi connectivity index (χ2v) is 12.8. The van der Waals surface area contributed by atoms with Gasteiger partial charge in [-0.15, -0.1) is 0 Å². The fourth-order valence-corrected chi connectivity index (χ4v) is 7.06. The normalized spacial score (nSPS) is 37.3. The predicted octanol–water partition coefficient (Wildman–Crippen LogP) is 2.93. The van der Waals surface area contributed by atoms with E-state index in [1.807, 2.05) is 0 Å². The molecule has 2 saturated heterocycles. The van der Waals surface area contributed by atoms with Gasteiger partial charge in [0.15, 0.2) is 0 Å². The highest BCUT2D eigenvalue weighted by atomic mass is 31.2. The van der Waals surface area contributed by atoms with Crippen LogP contribution in [0, 0.1) is 10.8 Å². The van der Waals surface area contributed by atoms with E-state index >= 15 is 0 Å². The lowest BCUT2D eigenvalue weighted by molar-refractivity contribution is -0.229. The molecule has 0 aromatic heterocycles. The van der Waals surface area contributed by atoms with Crippen molar-refractivity contribution in [1.82, 2.24) is 0 Å². The molecule has 10 nitrogen and oxygen atoms in total. The van der Waals surface area contributed by atoms with Crippen LogP contribution >= 0.6 is 7.60 Å². The minimum absolute atomic E-state index is 0.0112. The number of hydrogen-bond donors (Lipinski definition) is 1. The first-order valence-electron chi connectivity index (χ1n) is 12.3. The summed E-state index contributed by atoms with van der Waals surface area (Å²) >= 11 is 0. The van der Waals surface area contributed by atoms with E-state index in [4.69, 9.17) is 28.0 Å². The minimum Gasteiger partial charge on any atom is -0.465 e. The second-order valence-electron chi connectivity index (χ2n) is 10.5. The molecule has 1 spiro atoms. The lowest BCUT2D eigenvalue weighted by Gasteiger charge is -2.58. The largest absolute Gasteiger partial charge is 0.465 e. The highest BCUT2D eigenvalue weighted by Crippen LogP contribution is 2.71. The standard InChI is InChI=1S/C25H37O10P/c1-16-6-8-24(19(10-16)35-20-12-18(26)23(24,3)25(20)15-34-25)14-33-21(27)11-17(2)7-9-32-22(28)13-36(29,30-4)31-5/h10-11,18-20,26H,6-9,12-15H2,1-5H3/b17-11+/t18-,19-,20-,23?,24-,25?/m1/s1. The van der Waals surface area contributed by atoms with E-state index in [1.54, 1.807) is 6.92 Å². The number of esters is 2. The topological polar surface area (TPSA) is 130 Å². The van der Waals surface area contributed by atoms with Gasteiger partial charge >= 0.3 is 19.5 Å². The number of aliphatic hydroxyl groups is 1. The van der Waals surface area contributed by atoms with Gasteiger partial charge in [-0.25, -0.2) is 4.79 Å². The molecule has 2 aliphatic carbocycles. The molecule has 36 heavy (non-hydrogen) atoms. The zero-order valence-corrected chi connectivity index (χ0v) is 22.5. The number of carbonyl (C=O) groups is 2. The highest BCUT2D eigenvalue weighted by Gasteiger charge is 2.81. The molecule has 6 atom stereocenters.